The van der Waals surface area contributed by atoms with Crippen molar-refractivity contribution in [2.45, 2.75) is 9.79 Å². The molecule has 11 heteroatoms. The summed E-state index contributed by atoms with van der Waals surface area (Å²) in [6, 6.07) is 17.4. The maximum absolute atomic E-state index is 12.9. The summed E-state index contributed by atoms with van der Waals surface area (Å²) < 4.78 is 66.7. The van der Waals surface area contributed by atoms with Crippen LogP contribution >= 0.6 is 0 Å². The molecule has 2 amide bonds. The highest BCUT2D eigenvalue weighted by Crippen LogP contribution is 2.33. The minimum atomic E-state index is -4.69. The van der Waals surface area contributed by atoms with Crippen molar-refractivity contribution < 1.29 is 30.7 Å². The van der Waals surface area contributed by atoms with Gasteiger partial charge in [-0.1, -0.05) is 60.7 Å². The standard InChI is InChI=1S/C21H16N2O7S2/c24-21(22-19-15-7-3-1-5-13(15)9-11-17(19)31(25,26)27)23-20-16-8-4-2-6-14(16)10-12-18(20)32(28,29)30/h1-12H,(H2,22,23,24)(H,25,26,27)(H,28,29,30). The van der Waals surface area contributed by atoms with E-state index in [0.29, 0.717) is 21.5 Å². The van der Waals surface area contributed by atoms with E-state index in [1.54, 1.807) is 48.5 Å². The van der Waals surface area contributed by atoms with Crippen LogP contribution < -0.4 is 10.6 Å². The van der Waals surface area contributed by atoms with Gasteiger partial charge in [-0.25, -0.2) is 4.79 Å². The zero-order valence-corrected chi connectivity index (χ0v) is 17.8. The summed E-state index contributed by atoms with van der Waals surface area (Å²) in [5.41, 5.74) is -0.367. The highest BCUT2D eigenvalue weighted by molar-refractivity contribution is 7.86. The molecule has 9 nitrogen and oxygen atoms in total. The molecule has 0 radical (unpaired) electrons. The van der Waals surface area contributed by atoms with Crippen LogP contribution in [0.15, 0.2) is 82.6 Å². The number of hydrogen-bond donors (Lipinski definition) is 4. The first-order chi connectivity index (χ1) is 15.1. The first-order valence-electron chi connectivity index (χ1n) is 9.12. The van der Waals surface area contributed by atoms with Crippen LogP contribution in [0.2, 0.25) is 0 Å². The first-order valence-corrected chi connectivity index (χ1v) is 12.0. The first kappa shape index (κ1) is 21.7. The van der Waals surface area contributed by atoms with Crippen molar-refractivity contribution >= 4 is 59.2 Å². The van der Waals surface area contributed by atoms with Crippen LogP contribution in [-0.2, 0) is 20.2 Å². The summed E-state index contributed by atoms with van der Waals surface area (Å²) in [5, 5.41) is 6.64. The topological polar surface area (TPSA) is 150 Å². The number of nitrogens with one attached hydrogen (secondary N) is 2. The second-order valence-electron chi connectivity index (χ2n) is 6.85. The Morgan fingerprint density at radius 2 is 0.969 bits per heavy atom. The van der Waals surface area contributed by atoms with Crippen molar-refractivity contribution in [3.8, 4) is 0 Å². The molecule has 4 N–H and O–H groups in total. The van der Waals surface area contributed by atoms with Gasteiger partial charge in [0, 0.05) is 10.8 Å². The number of carbonyl (C=O) groups excluding carboxylic acids is 1. The molecule has 0 aliphatic rings. The number of hydrogen-bond acceptors (Lipinski definition) is 5. The van der Waals surface area contributed by atoms with Crippen LogP contribution in [0.25, 0.3) is 21.5 Å². The zero-order chi connectivity index (χ0) is 23.1. The Bertz CT molecular complexity index is 1480. The summed E-state index contributed by atoms with van der Waals surface area (Å²) in [6.45, 7) is 0. The van der Waals surface area contributed by atoms with E-state index in [1.165, 1.54) is 12.1 Å². The molecule has 0 aromatic heterocycles. The molecule has 4 aromatic carbocycles. The van der Waals surface area contributed by atoms with Gasteiger partial charge >= 0.3 is 6.03 Å². The quantitative estimate of drug-likeness (QED) is 0.326. The van der Waals surface area contributed by atoms with Crippen LogP contribution in [0.3, 0.4) is 0 Å². The molecule has 0 bridgehead atoms. The number of carbonyl (C=O) groups is 1. The molecule has 4 aromatic rings. The van der Waals surface area contributed by atoms with E-state index < -0.39 is 36.1 Å². The molecule has 0 heterocycles. The molecule has 32 heavy (non-hydrogen) atoms. The predicted octanol–water partition coefficient (Wildman–Crippen LogP) is 4.13. The summed E-state index contributed by atoms with van der Waals surface area (Å²) in [6.07, 6.45) is 0. The van der Waals surface area contributed by atoms with Crippen molar-refractivity contribution in [3.05, 3.63) is 72.8 Å². The van der Waals surface area contributed by atoms with Gasteiger partial charge in [0.1, 0.15) is 9.79 Å². The average molecular weight is 473 g/mol. The lowest BCUT2D eigenvalue weighted by molar-refractivity contribution is 0.262. The van der Waals surface area contributed by atoms with Crippen molar-refractivity contribution in [2.75, 3.05) is 10.6 Å². The molecule has 0 saturated carbocycles. The number of amides is 2. The molecule has 0 saturated heterocycles. The number of anilines is 2. The summed E-state index contributed by atoms with van der Waals surface area (Å²) in [7, 11) is -9.38. The van der Waals surface area contributed by atoms with Gasteiger partial charge < -0.3 is 10.6 Å². The van der Waals surface area contributed by atoms with Gasteiger partial charge in [0.2, 0.25) is 0 Å². The minimum absolute atomic E-state index is 0.184. The van der Waals surface area contributed by atoms with Gasteiger partial charge in [-0.2, -0.15) is 16.8 Å². The van der Waals surface area contributed by atoms with E-state index in [0.717, 1.165) is 12.1 Å². The van der Waals surface area contributed by atoms with Crippen molar-refractivity contribution in [3.63, 3.8) is 0 Å². The molecule has 0 unspecified atom stereocenters. The van der Waals surface area contributed by atoms with E-state index in [9.17, 15) is 30.7 Å². The van der Waals surface area contributed by atoms with Gasteiger partial charge in [-0.15, -0.1) is 0 Å². The van der Waals surface area contributed by atoms with E-state index in [4.69, 9.17) is 0 Å². The average Bonchev–Trinajstić information content (AvgIpc) is 2.72. The Hall–Kier alpha value is -3.51. The molecule has 0 fully saturated rings. The Morgan fingerprint density at radius 1 is 0.594 bits per heavy atom. The Labute approximate surface area is 183 Å². The van der Waals surface area contributed by atoms with E-state index in [1.807, 2.05) is 0 Å². The summed E-state index contributed by atoms with van der Waals surface area (Å²) >= 11 is 0. The molecule has 4 rings (SSSR count). The molecule has 0 atom stereocenters. The predicted molar refractivity (Wildman–Crippen MR) is 120 cm³/mol. The smallest absolute Gasteiger partial charge is 0.306 e. The molecular weight excluding hydrogens is 456 g/mol. The van der Waals surface area contributed by atoms with Gasteiger partial charge in [0.25, 0.3) is 20.2 Å². The second kappa shape index (κ2) is 7.88. The molecular formula is C21H16N2O7S2. The molecule has 164 valence electrons. The lowest BCUT2D eigenvalue weighted by Crippen LogP contribution is -2.22. The molecule has 0 aliphatic carbocycles. The van der Waals surface area contributed by atoms with Gasteiger partial charge in [0.15, 0.2) is 0 Å². The third-order valence-electron chi connectivity index (χ3n) is 4.81. The number of urea groups is 1. The highest BCUT2D eigenvalue weighted by Gasteiger charge is 2.23. The van der Waals surface area contributed by atoms with Crippen molar-refractivity contribution in [2.24, 2.45) is 0 Å². The lowest BCUT2D eigenvalue weighted by atomic mass is 10.1. The lowest BCUT2D eigenvalue weighted by Gasteiger charge is -2.16. The van der Waals surface area contributed by atoms with E-state index in [2.05, 4.69) is 10.6 Å². The van der Waals surface area contributed by atoms with Crippen LogP contribution in [0.1, 0.15) is 0 Å². The Balaban J connectivity index is 1.83. The fourth-order valence-electron chi connectivity index (χ4n) is 3.45. The third-order valence-corrected chi connectivity index (χ3v) is 6.61. The summed E-state index contributed by atoms with van der Waals surface area (Å²) in [4.78, 5) is 11.8. The largest absolute Gasteiger partial charge is 0.323 e. The zero-order valence-electron chi connectivity index (χ0n) is 16.2. The maximum atomic E-state index is 12.9. The Morgan fingerprint density at radius 3 is 1.34 bits per heavy atom. The van der Waals surface area contributed by atoms with Gasteiger partial charge in [-0.3, -0.25) is 9.11 Å². The molecule has 0 aliphatic heterocycles. The fourth-order valence-corrected chi connectivity index (χ4v) is 4.77. The number of rotatable bonds is 4. The summed E-state index contributed by atoms with van der Waals surface area (Å²) in [5.74, 6) is 0. The van der Waals surface area contributed by atoms with Crippen molar-refractivity contribution in [1.29, 1.82) is 0 Å². The number of fused-ring (bicyclic) bond motifs is 2. The van der Waals surface area contributed by atoms with Gasteiger partial charge in [-0.05, 0) is 22.9 Å². The maximum Gasteiger partial charge on any atom is 0.323 e. The van der Waals surface area contributed by atoms with Crippen LogP contribution in [0, 0.1) is 0 Å². The third kappa shape index (κ3) is 4.14. The molecule has 0 spiro atoms. The minimum Gasteiger partial charge on any atom is -0.306 e. The van der Waals surface area contributed by atoms with E-state index >= 15 is 0 Å². The monoisotopic (exact) mass is 472 g/mol. The van der Waals surface area contributed by atoms with Crippen LogP contribution in [-0.4, -0.2) is 32.0 Å². The van der Waals surface area contributed by atoms with Crippen LogP contribution in [0.4, 0.5) is 16.2 Å². The SMILES string of the molecule is O=C(Nc1c(S(=O)(=O)O)ccc2ccccc12)Nc1c(S(=O)(=O)O)ccc2ccccc12. The van der Waals surface area contributed by atoms with Gasteiger partial charge in [0.05, 0.1) is 11.4 Å². The normalized spacial score (nSPS) is 12.1. The second-order valence-corrected chi connectivity index (χ2v) is 9.63. The van der Waals surface area contributed by atoms with Crippen molar-refractivity contribution in [1.82, 2.24) is 0 Å². The Kier molecular flexibility index (Phi) is 5.34. The number of benzene rings is 4. The van der Waals surface area contributed by atoms with Crippen LogP contribution in [0.5, 0.6) is 0 Å². The fraction of sp³-hybridized carbons (Fsp3) is 0. The van der Waals surface area contributed by atoms with E-state index in [-0.39, 0.29) is 11.4 Å². The highest BCUT2D eigenvalue weighted by atomic mass is 32.2.